The van der Waals surface area contributed by atoms with Crippen LogP contribution in [0.5, 0.6) is 0 Å². The number of hydrogen-bond donors (Lipinski definition) is 2. The van der Waals surface area contributed by atoms with Crippen LogP contribution in [0, 0.1) is 13.8 Å². The average Bonchev–Trinajstić information content (AvgIpc) is 2.91. The molecule has 0 aliphatic carbocycles. The lowest BCUT2D eigenvalue weighted by atomic mass is 10.2. The molecule has 27 heavy (non-hydrogen) atoms. The molecule has 0 aliphatic rings. The Labute approximate surface area is 167 Å². The number of hydrogen-bond acceptors (Lipinski definition) is 4. The first kappa shape index (κ1) is 21.0. The van der Waals surface area contributed by atoms with Crippen LogP contribution in [0.1, 0.15) is 17.0 Å². The van der Waals surface area contributed by atoms with Crippen molar-refractivity contribution >= 4 is 41.2 Å². The van der Waals surface area contributed by atoms with Crippen molar-refractivity contribution in [2.45, 2.75) is 13.8 Å². The Morgan fingerprint density at radius 2 is 2.00 bits per heavy atom. The van der Waals surface area contributed by atoms with Crippen molar-refractivity contribution in [1.82, 2.24) is 15.3 Å². The number of nitrogens with zero attached hydrogens (tertiary/aromatic N) is 2. The maximum absolute atomic E-state index is 11.7. The molecule has 7 nitrogen and oxygen atoms in total. The van der Waals surface area contributed by atoms with Gasteiger partial charge >= 0.3 is 11.8 Å². The maximum Gasteiger partial charge on any atom is 0.329 e. The number of halogens is 2. The van der Waals surface area contributed by atoms with Crippen LogP contribution in [0.15, 0.2) is 29.4 Å². The normalized spacial score (nSPS) is 11.0. The highest BCUT2D eigenvalue weighted by Crippen LogP contribution is 2.31. The molecule has 2 amide bonds. The minimum atomic E-state index is -0.853. The van der Waals surface area contributed by atoms with Crippen molar-refractivity contribution in [3.63, 3.8) is 0 Å². The second-order valence-corrected chi connectivity index (χ2v) is 6.47. The van der Waals surface area contributed by atoms with Crippen LogP contribution in [-0.4, -0.2) is 42.9 Å². The molecule has 0 saturated heterocycles. The molecule has 9 heteroatoms. The summed E-state index contributed by atoms with van der Waals surface area (Å²) in [5, 5.41) is 7.17. The van der Waals surface area contributed by atoms with Crippen molar-refractivity contribution in [1.29, 1.82) is 0 Å². The van der Waals surface area contributed by atoms with Crippen molar-refractivity contribution < 1.29 is 14.3 Å². The van der Waals surface area contributed by atoms with E-state index in [-0.39, 0.29) is 6.54 Å². The van der Waals surface area contributed by atoms with E-state index in [1.807, 2.05) is 36.6 Å². The second kappa shape index (κ2) is 9.55. The van der Waals surface area contributed by atoms with Gasteiger partial charge in [0.15, 0.2) is 0 Å². The van der Waals surface area contributed by atoms with Gasteiger partial charge in [0.2, 0.25) is 0 Å². The van der Waals surface area contributed by atoms with Crippen molar-refractivity contribution in [3.05, 3.63) is 51.3 Å². The molecule has 0 spiro atoms. The fraction of sp³-hybridized carbons (Fsp3) is 0.278. The summed E-state index contributed by atoms with van der Waals surface area (Å²) in [6.45, 7) is 4.38. The first-order chi connectivity index (χ1) is 12.9. The number of nitrogens with one attached hydrogen (secondary N) is 2. The van der Waals surface area contributed by atoms with Crippen LogP contribution < -0.4 is 10.7 Å². The maximum atomic E-state index is 11.7. The van der Waals surface area contributed by atoms with Gasteiger partial charge < -0.3 is 14.6 Å². The summed E-state index contributed by atoms with van der Waals surface area (Å²) < 4.78 is 6.73. The summed E-state index contributed by atoms with van der Waals surface area (Å²) in [7, 11) is 1.50. The predicted octanol–water partition coefficient (Wildman–Crippen LogP) is 2.61. The summed E-state index contributed by atoms with van der Waals surface area (Å²) in [6.07, 6.45) is 1.47. The molecule has 0 bridgehead atoms. The number of amides is 2. The number of rotatable bonds is 6. The molecule has 1 aromatic heterocycles. The lowest BCUT2D eigenvalue weighted by molar-refractivity contribution is -0.139. The first-order valence-corrected chi connectivity index (χ1v) is 8.86. The number of hydrazone groups is 1. The van der Waals surface area contributed by atoms with E-state index in [4.69, 9.17) is 27.9 Å². The Morgan fingerprint density at radius 1 is 1.26 bits per heavy atom. The quantitative estimate of drug-likeness (QED) is 0.332. The smallest absolute Gasteiger partial charge is 0.329 e. The van der Waals surface area contributed by atoms with Gasteiger partial charge in [0.1, 0.15) is 0 Å². The molecule has 0 radical (unpaired) electrons. The van der Waals surface area contributed by atoms with E-state index in [1.165, 1.54) is 13.3 Å². The molecule has 144 valence electrons. The van der Waals surface area contributed by atoms with E-state index in [9.17, 15) is 9.59 Å². The van der Waals surface area contributed by atoms with E-state index in [1.54, 1.807) is 6.07 Å². The Hall–Kier alpha value is -2.35. The molecule has 2 rings (SSSR count). The molecule has 0 aliphatic heterocycles. The minimum Gasteiger partial charge on any atom is -0.383 e. The fourth-order valence-corrected chi connectivity index (χ4v) is 2.89. The third kappa shape index (κ3) is 5.09. The van der Waals surface area contributed by atoms with E-state index in [2.05, 4.69) is 15.8 Å². The Balaban J connectivity index is 2.12. The molecular formula is C18H20Cl2N4O3. The molecule has 2 N–H and O–H groups in total. The van der Waals surface area contributed by atoms with Crippen molar-refractivity contribution in [3.8, 4) is 5.69 Å². The minimum absolute atomic E-state index is 0.244. The van der Waals surface area contributed by atoms with Crippen LogP contribution in [0.4, 0.5) is 0 Å². The monoisotopic (exact) mass is 410 g/mol. The Kier molecular flexibility index (Phi) is 7.41. The molecule has 0 atom stereocenters. The second-order valence-electron chi connectivity index (χ2n) is 5.68. The fourth-order valence-electron chi connectivity index (χ4n) is 2.51. The first-order valence-electron chi connectivity index (χ1n) is 8.10. The average molecular weight is 411 g/mol. The SMILES string of the molecule is COCCNC(=O)C(=O)N/N=C\c1cc(C)n(-c2cccc(Cl)c2Cl)c1C. The summed E-state index contributed by atoms with van der Waals surface area (Å²) in [4.78, 5) is 23.2. The number of ether oxygens (including phenoxy) is 1. The highest BCUT2D eigenvalue weighted by molar-refractivity contribution is 6.43. The van der Waals surface area contributed by atoms with E-state index in [0.29, 0.717) is 16.7 Å². The molecule has 2 aromatic rings. The van der Waals surface area contributed by atoms with E-state index < -0.39 is 11.8 Å². The largest absolute Gasteiger partial charge is 0.383 e. The van der Waals surface area contributed by atoms with Gasteiger partial charge in [-0.1, -0.05) is 29.3 Å². The lowest BCUT2D eigenvalue weighted by Crippen LogP contribution is -2.39. The molecule has 1 heterocycles. The summed E-state index contributed by atoms with van der Waals surface area (Å²) in [5.41, 5.74) is 5.49. The predicted molar refractivity (Wildman–Crippen MR) is 106 cm³/mol. The number of carbonyl (C=O) groups excluding carboxylic acids is 2. The van der Waals surface area contributed by atoms with Gasteiger partial charge in [-0.05, 0) is 32.0 Å². The molecule has 0 unspecified atom stereocenters. The zero-order chi connectivity index (χ0) is 20.0. The van der Waals surface area contributed by atoms with Gasteiger partial charge in [-0.15, -0.1) is 0 Å². The van der Waals surface area contributed by atoms with Crippen LogP contribution >= 0.6 is 23.2 Å². The van der Waals surface area contributed by atoms with E-state index >= 15 is 0 Å². The topological polar surface area (TPSA) is 84.7 Å². The number of aromatic nitrogens is 1. The third-order valence-corrected chi connectivity index (χ3v) is 4.62. The van der Waals surface area contributed by atoms with Crippen LogP contribution in [0.2, 0.25) is 10.0 Å². The summed E-state index contributed by atoms with van der Waals surface area (Å²) in [6, 6.07) is 7.29. The molecule has 0 fully saturated rings. The molecule has 0 saturated carbocycles. The van der Waals surface area contributed by atoms with Gasteiger partial charge in [-0.2, -0.15) is 5.10 Å². The number of benzene rings is 1. The molecular weight excluding hydrogens is 391 g/mol. The van der Waals surface area contributed by atoms with Gasteiger partial charge in [0, 0.05) is 30.6 Å². The zero-order valence-corrected chi connectivity index (χ0v) is 16.7. The van der Waals surface area contributed by atoms with Crippen LogP contribution in [0.25, 0.3) is 5.69 Å². The third-order valence-electron chi connectivity index (χ3n) is 3.81. The van der Waals surface area contributed by atoms with Gasteiger partial charge in [-0.25, -0.2) is 5.43 Å². The standard InChI is InChI=1S/C18H20Cl2N4O3/c1-11-9-13(10-22-23-18(26)17(25)21-7-8-27-3)12(2)24(11)15-6-4-5-14(19)16(15)20/h4-6,9-10H,7-8H2,1-3H3,(H,21,25)(H,23,26)/b22-10-. The zero-order valence-electron chi connectivity index (χ0n) is 15.2. The lowest BCUT2D eigenvalue weighted by Gasteiger charge is -2.12. The van der Waals surface area contributed by atoms with Crippen LogP contribution in [0.3, 0.4) is 0 Å². The van der Waals surface area contributed by atoms with E-state index in [0.717, 1.165) is 22.6 Å². The number of methoxy groups -OCH3 is 1. The van der Waals surface area contributed by atoms with Crippen molar-refractivity contribution in [2.75, 3.05) is 20.3 Å². The van der Waals surface area contributed by atoms with Crippen molar-refractivity contribution in [2.24, 2.45) is 5.10 Å². The summed E-state index contributed by atoms with van der Waals surface area (Å²) >= 11 is 12.4. The summed E-state index contributed by atoms with van der Waals surface area (Å²) in [5.74, 6) is -1.63. The molecule has 1 aromatic carbocycles. The van der Waals surface area contributed by atoms with Gasteiger partial charge in [0.25, 0.3) is 0 Å². The highest BCUT2D eigenvalue weighted by atomic mass is 35.5. The Bertz CT molecular complexity index is 878. The highest BCUT2D eigenvalue weighted by Gasteiger charge is 2.14. The van der Waals surface area contributed by atoms with Gasteiger partial charge in [0.05, 0.1) is 28.6 Å². The van der Waals surface area contributed by atoms with Crippen LogP contribution in [-0.2, 0) is 14.3 Å². The Morgan fingerprint density at radius 3 is 2.70 bits per heavy atom. The number of aryl methyl sites for hydroxylation is 1. The number of carbonyl (C=O) groups is 2. The van der Waals surface area contributed by atoms with Gasteiger partial charge in [-0.3, -0.25) is 9.59 Å².